The summed E-state index contributed by atoms with van der Waals surface area (Å²) in [6.07, 6.45) is 0. The number of aromatic nitrogens is 2. The van der Waals surface area contributed by atoms with Crippen molar-refractivity contribution in [2.45, 2.75) is 0 Å². The summed E-state index contributed by atoms with van der Waals surface area (Å²) < 4.78 is 7.24. The van der Waals surface area contributed by atoms with Crippen LogP contribution in [0, 0.1) is 11.3 Å². The Hall–Kier alpha value is -3.26. The molecular weight excluding hydrogens is 276 g/mol. The molecule has 0 spiro atoms. The van der Waals surface area contributed by atoms with E-state index in [0.717, 1.165) is 17.1 Å². The predicted octanol–water partition coefficient (Wildman–Crippen LogP) is 3.33. The molecule has 0 saturated heterocycles. The molecule has 5 heteroatoms. The van der Waals surface area contributed by atoms with Crippen molar-refractivity contribution in [3.05, 3.63) is 60.2 Å². The molecule has 22 heavy (non-hydrogen) atoms. The van der Waals surface area contributed by atoms with E-state index in [2.05, 4.69) is 11.2 Å². The Bertz CT molecular complexity index is 830. The zero-order valence-electron chi connectivity index (χ0n) is 12.0. The van der Waals surface area contributed by atoms with Crippen LogP contribution in [0.4, 0.5) is 5.82 Å². The topological polar surface area (TPSA) is 76.9 Å². The summed E-state index contributed by atoms with van der Waals surface area (Å²) >= 11 is 0. The van der Waals surface area contributed by atoms with Crippen LogP contribution in [0.1, 0.15) is 5.56 Å². The molecule has 0 fully saturated rings. The number of hydrogen-bond acceptors (Lipinski definition) is 4. The van der Waals surface area contributed by atoms with Gasteiger partial charge in [-0.3, -0.25) is 4.68 Å². The first-order valence-corrected chi connectivity index (χ1v) is 6.75. The quantitative estimate of drug-likeness (QED) is 0.802. The summed E-state index contributed by atoms with van der Waals surface area (Å²) in [5.41, 5.74) is 7.63. The minimum atomic E-state index is 0.363. The van der Waals surface area contributed by atoms with Gasteiger partial charge in [-0.05, 0) is 36.4 Å². The average molecular weight is 290 g/mol. The highest BCUT2D eigenvalue weighted by atomic mass is 16.5. The second-order valence-corrected chi connectivity index (χ2v) is 4.78. The Balaban J connectivity index is 1.89. The standard InChI is InChI=1S/C17H14N4O/c1-21-17(19)15(11-18)16(20-21)12-7-9-14(10-8-12)22-13-5-3-2-4-6-13/h2-10H,19H2,1H3. The molecule has 2 aromatic carbocycles. The molecule has 1 aromatic heterocycles. The normalized spacial score (nSPS) is 10.2. The highest BCUT2D eigenvalue weighted by Gasteiger charge is 2.15. The number of aryl methyl sites for hydroxylation is 1. The Labute approximate surface area is 128 Å². The number of nitrogens with two attached hydrogens (primary N) is 1. The second-order valence-electron chi connectivity index (χ2n) is 4.78. The Morgan fingerprint density at radius 2 is 1.68 bits per heavy atom. The van der Waals surface area contributed by atoms with Gasteiger partial charge in [-0.15, -0.1) is 0 Å². The maximum Gasteiger partial charge on any atom is 0.140 e. The van der Waals surface area contributed by atoms with Crippen molar-refractivity contribution < 1.29 is 4.74 Å². The van der Waals surface area contributed by atoms with Crippen molar-refractivity contribution in [1.29, 1.82) is 5.26 Å². The molecule has 3 rings (SSSR count). The number of nitriles is 1. The molecule has 0 bridgehead atoms. The first-order chi connectivity index (χ1) is 10.7. The van der Waals surface area contributed by atoms with Gasteiger partial charge < -0.3 is 10.5 Å². The lowest BCUT2D eigenvalue weighted by atomic mass is 10.1. The van der Waals surface area contributed by atoms with Gasteiger partial charge in [0.15, 0.2) is 0 Å². The third-order valence-electron chi connectivity index (χ3n) is 3.31. The Kier molecular flexibility index (Phi) is 3.50. The minimum absolute atomic E-state index is 0.363. The van der Waals surface area contributed by atoms with Crippen LogP contribution in [0.25, 0.3) is 11.3 Å². The van der Waals surface area contributed by atoms with E-state index in [1.54, 1.807) is 7.05 Å². The van der Waals surface area contributed by atoms with Crippen LogP contribution in [0.15, 0.2) is 54.6 Å². The van der Waals surface area contributed by atoms with Crippen molar-refractivity contribution >= 4 is 5.82 Å². The monoisotopic (exact) mass is 290 g/mol. The van der Waals surface area contributed by atoms with Gasteiger partial charge in [0.25, 0.3) is 0 Å². The van der Waals surface area contributed by atoms with E-state index in [-0.39, 0.29) is 0 Å². The highest BCUT2D eigenvalue weighted by Crippen LogP contribution is 2.28. The van der Waals surface area contributed by atoms with Crippen molar-refractivity contribution in [3.63, 3.8) is 0 Å². The van der Waals surface area contributed by atoms with Crippen molar-refractivity contribution in [2.75, 3.05) is 5.73 Å². The number of hydrogen-bond donors (Lipinski definition) is 1. The number of para-hydroxylation sites is 1. The van der Waals surface area contributed by atoms with E-state index >= 15 is 0 Å². The molecule has 2 N–H and O–H groups in total. The molecule has 0 radical (unpaired) electrons. The van der Waals surface area contributed by atoms with Gasteiger partial charge in [0.05, 0.1) is 0 Å². The van der Waals surface area contributed by atoms with Gasteiger partial charge >= 0.3 is 0 Å². The van der Waals surface area contributed by atoms with Gasteiger partial charge in [-0.2, -0.15) is 10.4 Å². The van der Waals surface area contributed by atoms with E-state index in [1.807, 2.05) is 54.6 Å². The van der Waals surface area contributed by atoms with Crippen LogP contribution in [0.2, 0.25) is 0 Å². The summed E-state index contributed by atoms with van der Waals surface area (Å²) in [5, 5.41) is 13.5. The zero-order valence-corrected chi connectivity index (χ0v) is 12.0. The number of ether oxygens (including phenoxy) is 1. The highest BCUT2D eigenvalue weighted by molar-refractivity contribution is 5.72. The number of benzene rings is 2. The smallest absolute Gasteiger partial charge is 0.140 e. The van der Waals surface area contributed by atoms with E-state index in [0.29, 0.717) is 17.1 Å². The second kappa shape index (κ2) is 5.62. The number of nitrogen functional groups attached to an aromatic ring is 1. The molecule has 0 aliphatic heterocycles. The third-order valence-corrected chi connectivity index (χ3v) is 3.31. The molecule has 0 aliphatic carbocycles. The molecule has 0 amide bonds. The van der Waals surface area contributed by atoms with Gasteiger partial charge in [0.2, 0.25) is 0 Å². The van der Waals surface area contributed by atoms with E-state index in [4.69, 9.17) is 10.5 Å². The van der Waals surface area contributed by atoms with E-state index in [9.17, 15) is 5.26 Å². The van der Waals surface area contributed by atoms with Crippen LogP contribution >= 0.6 is 0 Å². The van der Waals surface area contributed by atoms with Crippen molar-refractivity contribution in [1.82, 2.24) is 9.78 Å². The van der Waals surface area contributed by atoms with E-state index in [1.165, 1.54) is 4.68 Å². The molecule has 0 unspecified atom stereocenters. The molecule has 3 aromatic rings. The van der Waals surface area contributed by atoms with Gasteiger partial charge in [0.1, 0.15) is 34.6 Å². The number of rotatable bonds is 3. The van der Waals surface area contributed by atoms with Crippen LogP contribution in [-0.4, -0.2) is 9.78 Å². The molecular formula is C17H14N4O. The Morgan fingerprint density at radius 3 is 2.32 bits per heavy atom. The lowest BCUT2D eigenvalue weighted by Gasteiger charge is -2.06. The molecule has 0 saturated carbocycles. The van der Waals surface area contributed by atoms with Crippen LogP contribution in [-0.2, 0) is 7.05 Å². The molecule has 5 nitrogen and oxygen atoms in total. The maximum atomic E-state index is 9.22. The fraction of sp³-hybridized carbons (Fsp3) is 0.0588. The van der Waals surface area contributed by atoms with Crippen LogP contribution in [0.5, 0.6) is 11.5 Å². The first-order valence-electron chi connectivity index (χ1n) is 6.75. The summed E-state index contributed by atoms with van der Waals surface area (Å²) in [5.74, 6) is 1.86. The van der Waals surface area contributed by atoms with Gasteiger partial charge in [-0.1, -0.05) is 18.2 Å². The fourth-order valence-electron chi connectivity index (χ4n) is 2.15. The maximum absolute atomic E-state index is 9.22. The summed E-state index contributed by atoms with van der Waals surface area (Å²) in [4.78, 5) is 0. The number of anilines is 1. The van der Waals surface area contributed by atoms with Gasteiger partial charge in [0, 0.05) is 12.6 Å². The van der Waals surface area contributed by atoms with E-state index < -0.39 is 0 Å². The van der Waals surface area contributed by atoms with Crippen LogP contribution < -0.4 is 10.5 Å². The molecule has 0 aliphatic rings. The summed E-state index contributed by atoms with van der Waals surface area (Å²) in [7, 11) is 1.71. The van der Waals surface area contributed by atoms with Crippen LogP contribution in [0.3, 0.4) is 0 Å². The minimum Gasteiger partial charge on any atom is -0.457 e. The fourth-order valence-corrected chi connectivity index (χ4v) is 2.15. The lowest BCUT2D eigenvalue weighted by molar-refractivity contribution is 0.483. The average Bonchev–Trinajstić information content (AvgIpc) is 2.84. The van der Waals surface area contributed by atoms with Gasteiger partial charge in [-0.25, -0.2) is 0 Å². The van der Waals surface area contributed by atoms with Crippen molar-refractivity contribution in [3.8, 4) is 28.8 Å². The molecule has 1 heterocycles. The predicted molar refractivity (Wildman–Crippen MR) is 84.3 cm³/mol. The number of nitrogens with zero attached hydrogens (tertiary/aromatic N) is 3. The SMILES string of the molecule is Cn1nc(-c2ccc(Oc3ccccc3)cc2)c(C#N)c1N. The Morgan fingerprint density at radius 1 is 1.05 bits per heavy atom. The zero-order chi connectivity index (χ0) is 15.5. The largest absolute Gasteiger partial charge is 0.457 e. The third kappa shape index (κ3) is 2.50. The molecule has 108 valence electrons. The summed E-state index contributed by atoms with van der Waals surface area (Å²) in [6, 6.07) is 19.1. The molecule has 0 atom stereocenters. The first kappa shape index (κ1) is 13.7. The summed E-state index contributed by atoms with van der Waals surface area (Å²) in [6.45, 7) is 0. The lowest BCUT2D eigenvalue weighted by Crippen LogP contribution is -1.97. The van der Waals surface area contributed by atoms with Crippen molar-refractivity contribution in [2.24, 2.45) is 7.05 Å².